The third-order valence-electron chi connectivity index (χ3n) is 3.56. The number of ether oxygens (including phenoxy) is 1. The Kier molecular flexibility index (Phi) is 7.29. The Balaban J connectivity index is 1.90. The summed E-state index contributed by atoms with van der Waals surface area (Å²) in [6.45, 7) is 0.741. The van der Waals surface area contributed by atoms with Gasteiger partial charge in [-0.05, 0) is 23.8 Å². The van der Waals surface area contributed by atoms with Gasteiger partial charge in [-0.25, -0.2) is 0 Å². The molecule has 0 saturated carbocycles. The summed E-state index contributed by atoms with van der Waals surface area (Å²) in [4.78, 5) is 22.2. The van der Waals surface area contributed by atoms with Crippen molar-refractivity contribution in [3.05, 3.63) is 64.7 Å². The summed E-state index contributed by atoms with van der Waals surface area (Å²) in [6, 6.07) is 15.2. The maximum Gasteiger partial charge on any atom is 0.303 e. The normalized spacial score (nSPS) is 10.3. The zero-order valence-corrected chi connectivity index (χ0v) is 14.5. The molecule has 0 heterocycles. The molecule has 5 nitrogen and oxygen atoms in total. The van der Waals surface area contributed by atoms with E-state index in [9.17, 15) is 9.59 Å². The van der Waals surface area contributed by atoms with Crippen LogP contribution in [0, 0.1) is 0 Å². The largest absolute Gasteiger partial charge is 0.493 e. The Hall–Kier alpha value is -2.53. The topological polar surface area (TPSA) is 75.6 Å². The van der Waals surface area contributed by atoms with E-state index in [1.165, 1.54) is 5.56 Å². The number of carboxylic acid groups (broad SMARTS) is 1. The predicted molar refractivity (Wildman–Crippen MR) is 95.8 cm³/mol. The lowest BCUT2D eigenvalue weighted by Crippen LogP contribution is -2.23. The summed E-state index contributed by atoms with van der Waals surface area (Å²) in [6.07, 6.45) is 0.524. The molecule has 0 fully saturated rings. The van der Waals surface area contributed by atoms with E-state index in [2.05, 4.69) is 5.32 Å². The molecule has 0 bridgehead atoms. The van der Waals surface area contributed by atoms with E-state index in [0.717, 1.165) is 12.0 Å². The summed E-state index contributed by atoms with van der Waals surface area (Å²) < 4.78 is 5.82. The van der Waals surface area contributed by atoms with E-state index in [0.29, 0.717) is 17.4 Å². The fourth-order valence-electron chi connectivity index (χ4n) is 2.25. The number of carboxylic acids is 1. The highest BCUT2D eigenvalue weighted by atomic mass is 35.5. The van der Waals surface area contributed by atoms with Crippen molar-refractivity contribution >= 4 is 23.5 Å². The summed E-state index contributed by atoms with van der Waals surface area (Å²) in [5.41, 5.74) is 1.93. The third-order valence-corrected chi connectivity index (χ3v) is 3.79. The van der Waals surface area contributed by atoms with Gasteiger partial charge in [-0.1, -0.05) is 41.9 Å². The van der Waals surface area contributed by atoms with Gasteiger partial charge in [0.1, 0.15) is 5.75 Å². The first-order valence-electron chi connectivity index (χ1n) is 7.98. The Morgan fingerprint density at radius 1 is 1.08 bits per heavy atom. The monoisotopic (exact) mass is 361 g/mol. The number of benzene rings is 2. The number of rotatable bonds is 9. The third kappa shape index (κ3) is 6.85. The summed E-state index contributed by atoms with van der Waals surface area (Å²) in [7, 11) is 0. The van der Waals surface area contributed by atoms with E-state index in [-0.39, 0.29) is 25.3 Å². The lowest BCUT2D eigenvalue weighted by molar-refractivity contribution is -0.138. The van der Waals surface area contributed by atoms with Crippen LogP contribution in [-0.2, 0) is 22.6 Å². The van der Waals surface area contributed by atoms with Gasteiger partial charge < -0.3 is 15.2 Å². The Morgan fingerprint density at radius 2 is 1.84 bits per heavy atom. The van der Waals surface area contributed by atoms with Crippen LogP contribution < -0.4 is 10.1 Å². The van der Waals surface area contributed by atoms with Crippen molar-refractivity contribution in [2.75, 3.05) is 6.61 Å². The van der Waals surface area contributed by atoms with E-state index >= 15 is 0 Å². The molecule has 1 amide bonds. The highest BCUT2D eigenvalue weighted by Crippen LogP contribution is 2.23. The fourth-order valence-corrected chi connectivity index (χ4v) is 2.45. The minimum absolute atomic E-state index is 0.0555. The molecule has 0 saturated heterocycles. The lowest BCUT2D eigenvalue weighted by atomic mass is 10.1. The molecule has 0 aliphatic rings. The van der Waals surface area contributed by atoms with Gasteiger partial charge in [-0.3, -0.25) is 9.59 Å². The Bertz CT molecular complexity index is 719. The number of aliphatic carboxylic acids is 1. The zero-order chi connectivity index (χ0) is 18.1. The first-order chi connectivity index (χ1) is 12.0. The highest BCUT2D eigenvalue weighted by molar-refractivity contribution is 6.30. The van der Waals surface area contributed by atoms with Crippen LogP contribution in [0.25, 0.3) is 0 Å². The number of carbonyl (C=O) groups excluding carboxylic acids is 1. The van der Waals surface area contributed by atoms with Gasteiger partial charge in [0.15, 0.2) is 0 Å². The second kappa shape index (κ2) is 9.69. The molecule has 25 heavy (non-hydrogen) atoms. The second-order valence-electron chi connectivity index (χ2n) is 5.51. The maximum absolute atomic E-state index is 11.7. The minimum atomic E-state index is -0.997. The van der Waals surface area contributed by atoms with Crippen molar-refractivity contribution in [3.63, 3.8) is 0 Å². The highest BCUT2D eigenvalue weighted by Gasteiger charge is 2.09. The van der Waals surface area contributed by atoms with Gasteiger partial charge in [0.05, 0.1) is 13.0 Å². The number of hydrogen-bond acceptors (Lipinski definition) is 3. The molecule has 2 N–H and O–H groups in total. The van der Waals surface area contributed by atoms with Crippen molar-refractivity contribution < 1.29 is 19.4 Å². The molecule has 0 spiro atoms. The molecule has 0 aliphatic heterocycles. The molecule has 0 radical (unpaired) electrons. The van der Waals surface area contributed by atoms with Gasteiger partial charge in [-0.2, -0.15) is 0 Å². The molecule has 2 rings (SSSR count). The average Bonchev–Trinajstić information content (AvgIpc) is 2.60. The molecular formula is C19H20ClNO4. The smallest absolute Gasteiger partial charge is 0.303 e. The lowest BCUT2D eigenvalue weighted by Gasteiger charge is -2.13. The van der Waals surface area contributed by atoms with Crippen LogP contribution in [0.15, 0.2) is 48.5 Å². The fraction of sp³-hybridized carbons (Fsp3) is 0.263. The Labute approximate surface area is 151 Å². The SMILES string of the molecule is O=C(O)CCC(=O)NCc1cc(Cl)ccc1OCCc1ccccc1. The number of nitrogens with one attached hydrogen (secondary N) is 1. The average molecular weight is 362 g/mol. The second-order valence-corrected chi connectivity index (χ2v) is 5.94. The van der Waals surface area contributed by atoms with Crippen molar-refractivity contribution in [3.8, 4) is 5.75 Å². The molecule has 0 aromatic heterocycles. The van der Waals surface area contributed by atoms with Gasteiger partial charge in [0, 0.05) is 30.0 Å². The first-order valence-corrected chi connectivity index (χ1v) is 8.36. The zero-order valence-electron chi connectivity index (χ0n) is 13.7. The predicted octanol–water partition coefficient (Wildman–Crippen LogP) is 3.44. The molecule has 6 heteroatoms. The van der Waals surface area contributed by atoms with Crippen LogP contribution in [0.1, 0.15) is 24.0 Å². The van der Waals surface area contributed by atoms with Crippen LogP contribution in [0.3, 0.4) is 0 Å². The van der Waals surface area contributed by atoms with Gasteiger partial charge in [0.25, 0.3) is 0 Å². The van der Waals surface area contributed by atoms with E-state index in [1.807, 2.05) is 30.3 Å². The van der Waals surface area contributed by atoms with Gasteiger partial charge >= 0.3 is 5.97 Å². The minimum Gasteiger partial charge on any atom is -0.493 e. The number of halogens is 1. The molecule has 0 atom stereocenters. The molecule has 0 unspecified atom stereocenters. The van der Waals surface area contributed by atoms with Crippen LogP contribution in [0.4, 0.5) is 0 Å². The quantitative estimate of drug-likeness (QED) is 0.717. The van der Waals surface area contributed by atoms with Crippen LogP contribution in [0.2, 0.25) is 5.02 Å². The van der Waals surface area contributed by atoms with E-state index in [1.54, 1.807) is 18.2 Å². The van der Waals surface area contributed by atoms with Crippen LogP contribution in [-0.4, -0.2) is 23.6 Å². The molecule has 132 valence electrons. The standard InChI is InChI=1S/C19H20ClNO4/c20-16-6-7-17(25-11-10-14-4-2-1-3-5-14)15(12-16)13-21-18(22)8-9-19(23)24/h1-7,12H,8-11,13H2,(H,21,22)(H,23,24). The van der Waals surface area contributed by atoms with Crippen molar-refractivity contribution in [1.82, 2.24) is 5.32 Å². The van der Waals surface area contributed by atoms with Gasteiger partial charge in [-0.15, -0.1) is 0 Å². The summed E-state index contributed by atoms with van der Waals surface area (Å²) in [5.74, 6) is -0.667. The van der Waals surface area contributed by atoms with Crippen molar-refractivity contribution in [2.45, 2.75) is 25.8 Å². The number of carbonyl (C=O) groups is 2. The van der Waals surface area contributed by atoms with Crippen molar-refractivity contribution in [2.24, 2.45) is 0 Å². The van der Waals surface area contributed by atoms with Crippen molar-refractivity contribution in [1.29, 1.82) is 0 Å². The van der Waals surface area contributed by atoms with Crippen LogP contribution >= 0.6 is 11.6 Å². The van der Waals surface area contributed by atoms with Crippen LogP contribution in [0.5, 0.6) is 5.75 Å². The molecular weight excluding hydrogens is 342 g/mol. The van der Waals surface area contributed by atoms with E-state index < -0.39 is 5.97 Å². The summed E-state index contributed by atoms with van der Waals surface area (Å²) >= 11 is 6.02. The maximum atomic E-state index is 11.7. The number of amides is 1. The summed E-state index contributed by atoms with van der Waals surface area (Å²) in [5, 5.41) is 11.8. The molecule has 2 aromatic rings. The molecule has 0 aliphatic carbocycles. The Morgan fingerprint density at radius 3 is 2.56 bits per heavy atom. The van der Waals surface area contributed by atoms with Gasteiger partial charge in [0.2, 0.25) is 5.91 Å². The number of hydrogen-bond donors (Lipinski definition) is 2. The molecule has 2 aromatic carbocycles. The first kappa shape index (κ1) is 18.8. The van der Waals surface area contributed by atoms with E-state index in [4.69, 9.17) is 21.4 Å².